The molecule has 2 rings (SSSR count). The van der Waals surface area contributed by atoms with Crippen LogP contribution in [0, 0.1) is 11.8 Å². The fourth-order valence-electron chi connectivity index (χ4n) is 3.21. The standard InChI is InChI=1S/C23H31NO6/c1-7-27-22(25)29-20-17(16-12-10-9-11-13-16)21(30-23(26)28-8-2)19(15(5)6)24-18(20)14(3)4/h9-15,17,24H,7-8H2,1-6H3. The van der Waals surface area contributed by atoms with Crippen LogP contribution < -0.4 is 5.32 Å². The van der Waals surface area contributed by atoms with Gasteiger partial charge in [-0.2, -0.15) is 0 Å². The predicted molar refractivity (Wildman–Crippen MR) is 112 cm³/mol. The summed E-state index contributed by atoms with van der Waals surface area (Å²) < 4.78 is 21.4. The highest BCUT2D eigenvalue weighted by molar-refractivity contribution is 5.65. The molecule has 0 bridgehead atoms. The number of carbonyl (C=O) groups excluding carboxylic acids is 2. The fourth-order valence-corrected chi connectivity index (χ4v) is 3.21. The summed E-state index contributed by atoms with van der Waals surface area (Å²) in [6.45, 7) is 11.8. The highest BCUT2D eigenvalue weighted by Gasteiger charge is 2.39. The highest BCUT2D eigenvalue weighted by atomic mass is 16.7. The molecule has 0 radical (unpaired) electrons. The Morgan fingerprint density at radius 1 is 0.833 bits per heavy atom. The molecule has 1 N–H and O–H groups in total. The molecule has 1 aromatic carbocycles. The van der Waals surface area contributed by atoms with Gasteiger partial charge in [0.05, 0.1) is 24.6 Å². The topological polar surface area (TPSA) is 83.1 Å². The first-order valence-electron chi connectivity index (χ1n) is 10.3. The van der Waals surface area contributed by atoms with Crippen molar-refractivity contribution in [2.75, 3.05) is 13.2 Å². The number of rotatable bonds is 7. The molecule has 0 spiro atoms. The van der Waals surface area contributed by atoms with E-state index < -0.39 is 18.2 Å². The van der Waals surface area contributed by atoms with Gasteiger partial charge < -0.3 is 24.3 Å². The van der Waals surface area contributed by atoms with Crippen LogP contribution in [0.5, 0.6) is 0 Å². The molecule has 0 amide bonds. The Hall–Kier alpha value is -2.96. The van der Waals surface area contributed by atoms with E-state index in [1.807, 2.05) is 58.0 Å². The lowest BCUT2D eigenvalue weighted by Crippen LogP contribution is -2.34. The Bertz CT molecular complexity index is 762. The van der Waals surface area contributed by atoms with Crippen molar-refractivity contribution >= 4 is 12.3 Å². The summed E-state index contributed by atoms with van der Waals surface area (Å²) in [6, 6.07) is 9.45. The summed E-state index contributed by atoms with van der Waals surface area (Å²) in [7, 11) is 0. The van der Waals surface area contributed by atoms with E-state index in [9.17, 15) is 9.59 Å². The highest BCUT2D eigenvalue weighted by Crippen LogP contribution is 2.42. The monoisotopic (exact) mass is 417 g/mol. The van der Waals surface area contributed by atoms with Gasteiger partial charge in [-0.1, -0.05) is 58.0 Å². The predicted octanol–water partition coefficient (Wildman–Crippen LogP) is 5.45. The van der Waals surface area contributed by atoms with Crippen LogP contribution in [-0.4, -0.2) is 25.5 Å². The lowest BCUT2D eigenvalue weighted by atomic mass is 9.86. The maximum absolute atomic E-state index is 12.2. The summed E-state index contributed by atoms with van der Waals surface area (Å²) in [5.74, 6) is 0.102. The van der Waals surface area contributed by atoms with Gasteiger partial charge in [-0.05, 0) is 31.2 Å². The van der Waals surface area contributed by atoms with Crippen LogP contribution in [0.15, 0.2) is 53.2 Å². The molecule has 7 nitrogen and oxygen atoms in total. The number of hydrogen-bond acceptors (Lipinski definition) is 7. The molecule has 7 heteroatoms. The molecule has 0 saturated heterocycles. The SMILES string of the molecule is CCOC(=O)OC1=C(C(C)C)NC(C(C)C)=C(OC(=O)OCC)C1c1ccccc1. The van der Waals surface area contributed by atoms with Gasteiger partial charge in [0.15, 0.2) is 0 Å². The number of ether oxygens (including phenoxy) is 4. The molecule has 0 atom stereocenters. The van der Waals surface area contributed by atoms with Gasteiger partial charge >= 0.3 is 12.3 Å². The van der Waals surface area contributed by atoms with Crippen LogP contribution >= 0.6 is 0 Å². The van der Waals surface area contributed by atoms with Gasteiger partial charge in [0.25, 0.3) is 0 Å². The third-order valence-electron chi connectivity index (χ3n) is 4.52. The minimum Gasteiger partial charge on any atom is -0.434 e. The van der Waals surface area contributed by atoms with Crippen molar-refractivity contribution in [3.05, 3.63) is 58.8 Å². The smallest absolute Gasteiger partial charge is 0.434 e. The first-order valence-corrected chi connectivity index (χ1v) is 10.3. The molecule has 1 heterocycles. The average Bonchev–Trinajstić information content (AvgIpc) is 2.68. The third kappa shape index (κ3) is 5.55. The summed E-state index contributed by atoms with van der Waals surface area (Å²) in [6.07, 6.45) is -1.62. The first-order chi connectivity index (χ1) is 14.3. The Morgan fingerprint density at radius 3 is 1.63 bits per heavy atom. The Balaban J connectivity index is 2.67. The number of nitrogens with one attached hydrogen (secondary N) is 1. The van der Waals surface area contributed by atoms with Crippen LogP contribution in [0.2, 0.25) is 0 Å². The number of hydrogen-bond donors (Lipinski definition) is 1. The fraction of sp³-hybridized carbons (Fsp3) is 0.478. The van der Waals surface area contributed by atoms with Crippen LogP contribution in [-0.2, 0) is 18.9 Å². The molecular formula is C23H31NO6. The minimum absolute atomic E-state index is 0.0125. The van der Waals surface area contributed by atoms with Gasteiger partial charge in [0.2, 0.25) is 0 Å². The largest absolute Gasteiger partial charge is 0.513 e. The first kappa shape index (κ1) is 23.3. The van der Waals surface area contributed by atoms with E-state index in [2.05, 4.69) is 5.32 Å². The van der Waals surface area contributed by atoms with E-state index in [0.29, 0.717) is 11.5 Å². The van der Waals surface area contributed by atoms with Crippen LogP contribution in [0.4, 0.5) is 9.59 Å². The molecule has 1 aromatic rings. The van der Waals surface area contributed by atoms with Gasteiger partial charge in [-0.3, -0.25) is 0 Å². The van der Waals surface area contributed by atoms with Crippen molar-refractivity contribution in [1.29, 1.82) is 0 Å². The Morgan fingerprint density at radius 2 is 1.27 bits per heavy atom. The van der Waals surface area contributed by atoms with E-state index in [1.54, 1.807) is 13.8 Å². The van der Waals surface area contributed by atoms with Crippen LogP contribution in [0.1, 0.15) is 53.0 Å². The molecule has 0 aliphatic carbocycles. The molecule has 1 aliphatic rings. The summed E-state index contributed by atoms with van der Waals surface area (Å²) in [5, 5.41) is 3.34. The van der Waals surface area contributed by atoms with Crippen molar-refractivity contribution in [2.45, 2.75) is 47.5 Å². The van der Waals surface area contributed by atoms with Crippen molar-refractivity contribution in [3.63, 3.8) is 0 Å². The second-order valence-electron chi connectivity index (χ2n) is 7.40. The summed E-state index contributed by atoms with van der Waals surface area (Å²) in [4.78, 5) is 24.5. The maximum atomic E-state index is 12.2. The van der Waals surface area contributed by atoms with Crippen LogP contribution in [0.3, 0.4) is 0 Å². The summed E-state index contributed by atoms with van der Waals surface area (Å²) in [5.41, 5.74) is 2.28. The van der Waals surface area contributed by atoms with Gasteiger partial charge in [0.1, 0.15) is 17.4 Å². The van der Waals surface area contributed by atoms with Gasteiger partial charge in [-0.15, -0.1) is 0 Å². The minimum atomic E-state index is -0.808. The molecule has 0 unspecified atom stereocenters. The van der Waals surface area contributed by atoms with Gasteiger partial charge in [-0.25, -0.2) is 9.59 Å². The second-order valence-corrected chi connectivity index (χ2v) is 7.40. The lowest BCUT2D eigenvalue weighted by molar-refractivity contribution is 0.0636. The van der Waals surface area contributed by atoms with Crippen molar-refractivity contribution in [3.8, 4) is 0 Å². The maximum Gasteiger partial charge on any atom is 0.513 e. The molecule has 0 saturated carbocycles. The third-order valence-corrected chi connectivity index (χ3v) is 4.52. The van der Waals surface area contributed by atoms with Gasteiger partial charge in [0, 0.05) is 0 Å². The number of carbonyl (C=O) groups is 2. The quantitative estimate of drug-likeness (QED) is 0.590. The second kappa shape index (κ2) is 10.7. The number of benzene rings is 1. The Labute approximate surface area is 178 Å². The van der Waals surface area contributed by atoms with Crippen molar-refractivity contribution < 1.29 is 28.5 Å². The van der Waals surface area contributed by atoms with Crippen molar-refractivity contribution in [1.82, 2.24) is 5.32 Å². The molecular weight excluding hydrogens is 386 g/mol. The van der Waals surface area contributed by atoms with E-state index >= 15 is 0 Å². The molecule has 0 fully saturated rings. The Kier molecular flexibility index (Phi) is 8.33. The zero-order valence-electron chi connectivity index (χ0n) is 18.5. The van der Waals surface area contributed by atoms with E-state index in [0.717, 1.165) is 17.0 Å². The van der Waals surface area contributed by atoms with E-state index in [-0.39, 0.29) is 25.0 Å². The lowest BCUT2D eigenvalue weighted by Gasteiger charge is -2.34. The molecule has 0 aromatic heterocycles. The normalized spacial score (nSPS) is 14.7. The van der Waals surface area contributed by atoms with E-state index in [1.165, 1.54) is 0 Å². The van der Waals surface area contributed by atoms with E-state index in [4.69, 9.17) is 18.9 Å². The average molecular weight is 418 g/mol. The zero-order chi connectivity index (χ0) is 22.3. The number of allylic oxidation sites excluding steroid dienone is 2. The summed E-state index contributed by atoms with van der Waals surface area (Å²) >= 11 is 0. The van der Waals surface area contributed by atoms with Crippen molar-refractivity contribution in [2.24, 2.45) is 11.8 Å². The van der Waals surface area contributed by atoms with Crippen LogP contribution in [0.25, 0.3) is 0 Å². The molecule has 1 aliphatic heterocycles. The zero-order valence-corrected chi connectivity index (χ0v) is 18.5. The number of dihydropyridines is 1. The molecule has 30 heavy (non-hydrogen) atoms. The molecule has 164 valence electrons.